The van der Waals surface area contributed by atoms with Gasteiger partial charge in [0, 0.05) is 12.1 Å². The fourth-order valence-corrected chi connectivity index (χ4v) is 3.08. The Morgan fingerprint density at radius 1 is 1.05 bits per heavy atom. The van der Waals surface area contributed by atoms with Gasteiger partial charge in [0.2, 0.25) is 5.91 Å². The SMILES string of the molecule is O=C(CCc1ccccc1O)Nc1cccc2c1CCCC2. The average molecular weight is 295 g/mol. The number of carbonyl (C=O) groups is 1. The molecule has 3 rings (SSSR count). The second kappa shape index (κ2) is 6.65. The molecule has 22 heavy (non-hydrogen) atoms. The highest BCUT2D eigenvalue weighted by Gasteiger charge is 2.14. The van der Waals surface area contributed by atoms with E-state index in [0.29, 0.717) is 12.8 Å². The van der Waals surface area contributed by atoms with Crippen LogP contribution in [0.2, 0.25) is 0 Å². The zero-order valence-corrected chi connectivity index (χ0v) is 12.6. The zero-order valence-electron chi connectivity index (χ0n) is 12.6. The molecule has 1 aliphatic rings. The van der Waals surface area contributed by atoms with Gasteiger partial charge in [-0.15, -0.1) is 0 Å². The van der Waals surface area contributed by atoms with Crippen LogP contribution in [0.3, 0.4) is 0 Å². The lowest BCUT2D eigenvalue weighted by atomic mass is 9.90. The molecule has 2 N–H and O–H groups in total. The molecule has 0 bridgehead atoms. The average Bonchev–Trinajstić information content (AvgIpc) is 2.54. The first-order chi connectivity index (χ1) is 10.7. The van der Waals surface area contributed by atoms with Crippen LogP contribution >= 0.6 is 0 Å². The van der Waals surface area contributed by atoms with Gasteiger partial charge in [-0.25, -0.2) is 0 Å². The summed E-state index contributed by atoms with van der Waals surface area (Å²) < 4.78 is 0. The van der Waals surface area contributed by atoms with E-state index in [2.05, 4.69) is 11.4 Å². The number of para-hydroxylation sites is 1. The minimum atomic E-state index is 0.00206. The van der Waals surface area contributed by atoms with Crippen LogP contribution in [0.1, 0.15) is 36.0 Å². The van der Waals surface area contributed by atoms with E-state index in [4.69, 9.17) is 0 Å². The number of amides is 1. The maximum atomic E-state index is 12.2. The molecule has 0 heterocycles. The van der Waals surface area contributed by atoms with Crippen molar-refractivity contribution in [3.05, 3.63) is 59.2 Å². The summed E-state index contributed by atoms with van der Waals surface area (Å²) in [5, 5.41) is 12.8. The molecule has 0 aliphatic heterocycles. The first-order valence-corrected chi connectivity index (χ1v) is 7.91. The van der Waals surface area contributed by atoms with Crippen molar-refractivity contribution < 1.29 is 9.90 Å². The number of hydrogen-bond acceptors (Lipinski definition) is 2. The molecule has 1 amide bonds. The molecule has 2 aromatic rings. The maximum Gasteiger partial charge on any atom is 0.224 e. The van der Waals surface area contributed by atoms with Crippen molar-refractivity contribution in [3.8, 4) is 5.75 Å². The molecular formula is C19H21NO2. The number of aromatic hydroxyl groups is 1. The Morgan fingerprint density at radius 2 is 1.86 bits per heavy atom. The number of phenolic OH excluding ortho intramolecular Hbond substituents is 1. The topological polar surface area (TPSA) is 49.3 Å². The van der Waals surface area contributed by atoms with Crippen molar-refractivity contribution in [1.29, 1.82) is 0 Å². The van der Waals surface area contributed by atoms with Crippen LogP contribution < -0.4 is 5.32 Å². The third kappa shape index (κ3) is 3.30. The highest BCUT2D eigenvalue weighted by Crippen LogP contribution is 2.28. The Hall–Kier alpha value is -2.29. The van der Waals surface area contributed by atoms with Crippen LogP contribution in [0.15, 0.2) is 42.5 Å². The molecule has 1 aliphatic carbocycles. The summed E-state index contributed by atoms with van der Waals surface area (Å²) >= 11 is 0. The van der Waals surface area contributed by atoms with Gasteiger partial charge in [-0.1, -0.05) is 30.3 Å². The number of carbonyl (C=O) groups excluding carboxylic acids is 1. The predicted molar refractivity (Wildman–Crippen MR) is 88.1 cm³/mol. The van der Waals surface area contributed by atoms with E-state index in [-0.39, 0.29) is 11.7 Å². The summed E-state index contributed by atoms with van der Waals surface area (Å²) in [5.41, 5.74) is 4.43. The van der Waals surface area contributed by atoms with Gasteiger partial charge < -0.3 is 10.4 Å². The highest BCUT2D eigenvalue weighted by atomic mass is 16.3. The normalized spacial score (nSPS) is 13.5. The van der Waals surface area contributed by atoms with E-state index in [9.17, 15) is 9.90 Å². The van der Waals surface area contributed by atoms with E-state index in [1.165, 1.54) is 24.0 Å². The van der Waals surface area contributed by atoms with Crippen molar-refractivity contribution in [2.45, 2.75) is 38.5 Å². The number of anilines is 1. The Kier molecular flexibility index (Phi) is 4.42. The fraction of sp³-hybridized carbons (Fsp3) is 0.316. The molecule has 0 unspecified atom stereocenters. The number of nitrogens with one attached hydrogen (secondary N) is 1. The predicted octanol–water partition coefficient (Wildman–Crippen LogP) is 3.84. The quantitative estimate of drug-likeness (QED) is 0.900. The first kappa shape index (κ1) is 14.6. The molecule has 0 spiro atoms. The van der Waals surface area contributed by atoms with Crippen LogP contribution in [-0.4, -0.2) is 11.0 Å². The van der Waals surface area contributed by atoms with Gasteiger partial charge in [0.05, 0.1) is 0 Å². The number of rotatable bonds is 4. The Labute approximate surface area is 131 Å². The van der Waals surface area contributed by atoms with Crippen LogP contribution in [0.5, 0.6) is 5.75 Å². The summed E-state index contributed by atoms with van der Waals surface area (Å²) in [7, 11) is 0. The van der Waals surface area contributed by atoms with E-state index in [1.54, 1.807) is 12.1 Å². The second-order valence-corrected chi connectivity index (χ2v) is 5.83. The van der Waals surface area contributed by atoms with E-state index in [1.807, 2.05) is 24.3 Å². The number of aryl methyl sites for hydroxylation is 2. The highest BCUT2D eigenvalue weighted by molar-refractivity contribution is 5.91. The van der Waals surface area contributed by atoms with Gasteiger partial charge in [0.1, 0.15) is 5.75 Å². The van der Waals surface area contributed by atoms with Crippen molar-refractivity contribution in [2.75, 3.05) is 5.32 Å². The van der Waals surface area contributed by atoms with E-state index in [0.717, 1.165) is 24.1 Å². The number of hydrogen-bond donors (Lipinski definition) is 2. The second-order valence-electron chi connectivity index (χ2n) is 5.83. The molecule has 2 aromatic carbocycles. The standard InChI is InChI=1S/C19H21NO2/c21-18-11-4-2-7-15(18)12-13-19(22)20-17-10-5-8-14-6-1-3-9-16(14)17/h2,4-5,7-8,10-11,21H,1,3,6,9,12-13H2,(H,20,22). The molecule has 0 saturated carbocycles. The number of benzene rings is 2. The van der Waals surface area contributed by atoms with Gasteiger partial charge in [-0.2, -0.15) is 0 Å². The minimum absolute atomic E-state index is 0.00206. The van der Waals surface area contributed by atoms with Crippen LogP contribution in [0.25, 0.3) is 0 Å². The van der Waals surface area contributed by atoms with Crippen LogP contribution in [0.4, 0.5) is 5.69 Å². The Morgan fingerprint density at radius 3 is 2.73 bits per heavy atom. The van der Waals surface area contributed by atoms with Crippen molar-refractivity contribution in [2.24, 2.45) is 0 Å². The lowest BCUT2D eigenvalue weighted by Gasteiger charge is -2.19. The molecule has 114 valence electrons. The van der Waals surface area contributed by atoms with Gasteiger partial charge >= 0.3 is 0 Å². The third-order valence-electron chi connectivity index (χ3n) is 4.28. The fourth-order valence-electron chi connectivity index (χ4n) is 3.08. The van der Waals surface area contributed by atoms with Crippen LogP contribution in [0, 0.1) is 0 Å². The van der Waals surface area contributed by atoms with E-state index >= 15 is 0 Å². The van der Waals surface area contributed by atoms with Gasteiger partial charge in [0.25, 0.3) is 0 Å². The van der Waals surface area contributed by atoms with Crippen LogP contribution in [-0.2, 0) is 24.1 Å². The summed E-state index contributed by atoms with van der Waals surface area (Å²) in [6.07, 6.45) is 5.51. The van der Waals surface area contributed by atoms with Gasteiger partial charge in [-0.3, -0.25) is 4.79 Å². The molecule has 0 atom stereocenters. The van der Waals surface area contributed by atoms with Crippen molar-refractivity contribution >= 4 is 11.6 Å². The van der Waals surface area contributed by atoms with Gasteiger partial charge in [0.15, 0.2) is 0 Å². The van der Waals surface area contributed by atoms with Gasteiger partial charge in [-0.05, 0) is 60.9 Å². The molecular weight excluding hydrogens is 274 g/mol. The molecule has 0 saturated heterocycles. The largest absolute Gasteiger partial charge is 0.508 e. The maximum absolute atomic E-state index is 12.2. The molecule has 0 radical (unpaired) electrons. The number of fused-ring (bicyclic) bond motifs is 1. The molecule has 0 aromatic heterocycles. The monoisotopic (exact) mass is 295 g/mol. The molecule has 3 nitrogen and oxygen atoms in total. The Balaban J connectivity index is 1.64. The molecule has 0 fully saturated rings. The first-order valence-electron chi connectivity index (χ1n) is 7.91. The summed E-state index contributed by atoms with van der Waals surface area (Å²) in [6, 6.07) is 13.3. The zero-order chi connectivity index (χ0) is 15.4. The number of phenols is 1. The third-order valence-corrected chi connectivity index (χ3v) is 4.28. The van der Waals surface area contributed by atoms with Crippen molar-refractivity contribution in [3.63, 3.8) is 0 Å². The lowest BCUT2D eigenvalue weighted by molar-refractivity contribution is -0.116. The Bertz CT molecular complexity index is 679. The summed E-state index contributed by atoms with van der Waals surface area (Å²) in [5.74, 6) is 0.259. The summed E-state index contributed by atoms with van der Waals surface area (Å²) in [6.45, 7) is 0. The van der Waals surface area contributed by atoms with E-state index < -0.39 is 0 Å². The minimum Gasteiger partial charge on any atom is -0.508 e. The summed E-state index contributed by atoms with van der Waals surface area (Å²) in [4.78, 5) is 12.2. The lowest BCUT2D eigenvalue weighted by Crippen LogP contribution is -2.15. The molecule has 3 heteroatoms. The van der Waals surface area contributed by atoms with Crippen molar-refractivity contribution in [1.82, 2.24) is 0 Å². The smallest absolute Gasteiger partial charge is 0.224 e.